The van der Waals surface area contributed by atoms with Crippen molar-refractivity contribution in [2.45, 2.75) is 32.7 Å². The highest BCUT2D eigenvalue weighted by Crippen LogP contribution is 2.38. The molecule has 2 aromatic rings. The molecule has 164 valence electrons. The summed E-state index contributed by atoms with van der Waals surface area (Å²) in [4.78, 5) is 12.7. The van der Waals surface area contributed by atoms with Crippen LogP contribution in [0.15, 0.2) is 60.7 Å². The third-order valence-corrected chi connectivity index (χ3v) is 10.4. The molecule has 6 heteroatoms. The number of aliphatic hydroxyl groups excluding tert-OH is 1. The zero-order valence-corrected chi connectivity index (χ0v) is 19.7. The molecule has 0 aliphatic heterocycles. The summed E-state index contributed by atoms with van der Waals surface area (Å²) in [7, 11) is -1.26. The second-order valence-electron chi connectivity index (χ2n) is 8.80. The molecule has 0 bridgehead atoms. The zero-order chi connectivity index (χ0) is 22.3. The average molecular weight is 431 g/mol. The number of carbonyl (C=O) groups is 1. The Balaban J connectivity index is 2.47. The molecule has 1 atom stereocenters. The second-order valence-corrected chi connectivity index (χ2v) is 13.1. The van der Waals surface area contributed by atoms with Crippen molar-refractivity contribution in [3.8, 4) is 0 Å². The highest BCUT2D eigenvalue weighted by Gasteiger charge is 2.51. The summed E-state index contributed by atoms with van der Waals surface area (Å²) in [6.07, 6.45) is 0. The fourth-order valence-corrected chi connectivity index (χ4v) is 8.28. The van der Waals surface area contributed by atoms with Gasteiger partial charge in [-0.15, -0.1) is 0 Å². The fraction of sp³-hybridized carbons (Fsp3) is 0.458. The lowest BCUT2D eigenvalue weighted by molar-refractivity contribution is -0.160. The number of rotatable bonds is 10. The second kappa shape index (κ2) is 10.4. The maximum atomic E-state index is 12.7. The number of aliphatic hydroxyl groups is 1. The van der Waals surface area contributed by atoms with Gasteiger partial charge in [-0.3, -0.25) is 4.79 Å². The van der Waals surface area contributed by atoms with Gasteiger partial charge in [0.2, 0.25) is 0 Å². The number of esters is 1. The van der Waals surface area contributed by atoms with Crippen molar-refractivity contribution in [1.29, 1.82) is 0 Å². The molecule has 0 radical (unpaired) electrons. The van der Waals surface area contributed by atoms with E-state index in [1.54, 1.807) is 14.0 Å². The molecule has 30 heavy (non-hydrogen) atoms. The number of hydrogen-bond acceptors (Lipinski definition) is 5. The first-order valence-electron chi connectivity index (χ1n) is 10.2. The van der Waals surface area contributed by atoms with Crippen LogP contribution in [0.4, 0.5) is 0 Å². The van der Waals surface area contributed by atoms with E-state index in [0.717, 1.165) is 10.4 Å². The van der Waals surface area contributed by atoms with E-state index >= 15 is 0 Å². The molecular weight excluding hydrogens is 396 g/mol. The van der Waals surface area contributed by atoms with E-state index in [1.165, 1.54) is 0 Å². The Hall–Kier alpha value is -1.99. The van der Waals surface area contributed by atoms with Crippen molar-refractivity contribution in [3.63, 3.8) is 0 Å². The SMILES string of the molecule is COCCOC(=O)C(C)(CO)CO[Si](c1ccccc1)(c1ccccc1)C(C)(C)C. The normalized spacial score (nSPS) is 14.2. The van der Waals surface area contributed by atoms with E-state index in [4.69, 9.17) is 13.9 Å². The summed E-state index contributed by atoms with van der Waals surface area (Å²) in [6, 6.07) is 20.4. The largest absolute Gasteiger partial charge is 0.463 e. The molecule has 0 saturated heterocycles. The molecule has 0 aromatic heterocycles. The van der Waals surface area contributed by atoms with Gasteiger partial charge in [0.1, 0.15) is 12.0 Å². The van der Waals surface area contributed by atoms with E-state index in [0.29, 0.717) is 6.61 Å². The lowest BCUT2D eigenvalue weighted by atomic mass is 9.93. The van der Waals surface area contributed by atoms with Gasteiger partial charge in [-0.25, -0.2) is 0 Å². The molecule has 0 spiro atoms. The van der Waals surface area contributed by atoms with E-state index in [2.05, 4.69) is 45.0 Å². The predicted molar refractivity (Wildman–Crippen MR) is 122 cm³/mol. The molecule has 2 aromatic carbocycles. The fourth-order valence-electron chi connectivity index (χ4n) is 3.59. The zero-order valence-electron chi connectivity index (χ0n) is 18.7. The van der Waals surface area contributed by atoms with Gasteiger partial charge in [-0.1, -0.05) is 81.4 Å². The summed E-state index contributed by atoms with van der Waals surface area (Å²) in [5.41, 5.74) is -1.17. The molecule has 0 fully saturated rings. The Morgan fingerprint density at radius 3 is 1.80 bits per heavy atom. The van der Waals surface area contributed by atoms with Crippen LogP contribution in [0.1, 0.15) is 27.7 Å². The van der Waals surface area contributed by atoms with Crippen molar-refractivity contribution in [1.82, 2.24) is 0 Å². The standard InChI is InChI=1S/C24H34O5Si/c1-23(2,3)30(20-12-8-6-9-13-20,21-14-10-7-11-15-21)29-19-24(4,18-25)22(26)28-17-16-27-5/h6-15,25H,16-19H2,1-5H3. The highest BCUT2D eigenvalue weighted by molar-refractivity contribution is 6.99. The topological polar surface area (TPSA) is 65.0 Å². The van der Waals surface area contributed by atoms with Crippen LogP contribution in [0, 0.1) is 5.41 Å². The average Bonchev–Trinajstić information content (AvgIpc) is 2.74. The molecule has 1 unspecified atom stereocenters. The van der Waals surface area contributed by atoms with E-state index in [1.807, 2.05) is 36.4 Å². The predicted octanol–water partition coefficient (Wildman–Crippen LogP) is 2.75. The number of carbonyl (C=O) groups excluding carboxylic acids is 1. The quantitative estimate of drug-likeness (QED) is 0.357. The number of ether oxygens (including phenoxy) is 2. The summed E-state index contributed by atoms with van der Waals surface area (Å²) in [5, 5.41) is 12.1. The van der Waals surface area contributed by atoms with Crippen molar-refractivity contribution >= 4 is 24.7 Å². The Morgan fingerprint density at radius 2 is 1.40 bits per heavy atom. The van der Waals surface area contributed by atoms with E-state index < -0.39 is 19.7 Å². The van der Waals surface area contributed by atoms with Crippen molar-refractivity contribution in [2.24, 2.45) is 5.41 Å². The van der Waals surface area contributed by atoms with Crippen molar-refractivity contribution < 1.29 is 23.8 Å². The van der Waals surface area contributed by atoms with Crippen LogP contribution in [0.2, 0.25) is 5.04 Å². The molecule has 1 N–H and O–H groups in total. The summed E-state index contributed by atoms with van der Waals surface area (Å²) in [6.45, 7) is 8.34. The number of benzene rings is 2. The minimum atomic E-state index is -2.80. The Labute approximate surface area is 181 Å². The van der Waals surface area contributed by atoms with Crippen LogP contribution in [0.25, 0.3) is 0 Å². The van der Waals surface area contributed by atoms with Crippen molar-refractivity contribution in [2.75, 3.05) is 33.5 Å². The summed E-state index contributed by atoms with van der Waals surface area (Å²) in [5.74, 6) is -0.486. The van der Waals surface area contributed by atoms with Crippen molar-refractivity contribution in [3.05, 3.63) is 60.7 Å². The molecule has 0 aliphatic rings. The molecule has 0 aliphatic carbocycles. The van der Waals surface area contributed by atoms with Crippen LogP contribution >= 0.6 is 0 Å². The Kier molecular flexibility index (Phi) is 8.38. The minimum Gasteiger partial charge on any atom is -0.463 e. The lowest BCUT2D eigenvalue weighted by Gasteiger charge is -2.44. The smallest absolute Gasteiger partial charge is 0.316 e. The van der Waals surface area contributed by atoms with Gasteiger partial charge in [0.05, 0.1) is 19.8 Å². The van der Waals surface area contributed by atoms with Crippen LogP contribution in [0.3, 0.4) is 0 Å². The molecule has 5 nitrogen and oxygen atoms in total. The first-order valence-corrected chi connectivity index (χ1v) is 12.1. The monoisotopic (exact) mass is 430 g/mol. The van der Waals surface area contributed by atoms with E-state index in [-0.39, 0.29) is 24.9 Å². The van der Waals surface area contributed by atoms with Gasteiger partial charge >= 0.3 is 5.97 Å². The Morgan fingerprint density at radius 1 is 0.900 bits per heavy atom. The van der Waals surface area contributed by atoms with Gasteiger partial charge in [-0.05, 0) is 22.3 Å². The van der Waals surface area contributed by atoms with Gasteiger partial charge in [0, 0.05) is 7.11 Å². The van der Waals surface area contributed by atoms with Crippen LogP contribution < -0.4 is 10.4 Å². The summed E-state index contributed by atoms with van der Waals surface area (Å²) >= 11 is 0. The van der Waals surface area contributed by atoms with Gasteiger partial charge < -0.3 is 19.0 Å². The molecular formula is C24H34O5Si. The van der Waals surface area contributed by atoms with Gasteiger partial charge in [-0.2, -0.15) is 0 Å². The third-order valence-electron chi connectivity index (χ3n) is 5.39. The lowest BCUT2D eigenvalue weighted by Crippen LogP contribution is -2.67. The summed E-state index contributed by atoms with van der Waals surface area (Å²) < 4.78 is 17.1. The van der Waals surface area contributed by atoms with Crippen LogP contribution in [-0.2, 0) is 18.7 Å². The maximum absolute atomic E-state index is 12.7. The highest BCUT2D eigenvalue weighted by atomic mass is 28.4. The number of methoxy groups -OCH3 is 1. The number of hydrogen-bond donors (Lipinski definition) is 1. The molecule has 0 amide bonds. The minimum absolute atomic E-state index is 0.0581. The first kappa shape index (κ1) is 24.3. The van der Waals surface area contributed by atoms with Gasteiger partial charge in [0.25, 0.3) is 8.32 Å². The third kappa shape index (κ3) is 5.18. The molecule has 0 saturated carbocycles. The van der Waals surface area contributed by atoms with Gasteiger partial charge in [0.15, 0.2) is 0 Å². The Bertz CT molecular complexity index is 749. The van der Waals surface area contributed by atoms with Crippen LogP contribution in [0.5, 0.6) is 0 Å². The maximum Gasteiger partial charge on any atom is 0.316 e. The molecule has 0 heterocycles. The van der Waals surface area contributed by atoms with Crippen LogP contribution in [-0.4, -0.2) is 52.9 Å². The molecule has 2 rings (SSSR count). The van der Waals surface area contributed by atoms with E-state index in [9.17, 15) is 9.90 Å². The first-order chi connectivity index (χ1) is 14.2.